The van der Waals surface area contributed by atoms with E-state index in [0.717, 1.165) is 5.56 Å². The highest BCUT2D eigenvalue weighted by Gasteiger charge is 2.29. The number of fused-ring (bicyclic) bond motifs is 2. The minimum Gasteiger partial charge on any atom is -0.396 e. The Kier molecular flexibility index (Phi) is 4.76. The number of nitrogens with two attached hydrogens (primary N) is 1. The fourth-order valence-electron chi connectivity index (χ4n) is 2.87. The Morgan fingerprint density at radius 2 is 1.41 bits per heavy atom. The lowest BCUT2D eigenvalue weighted by Gasteiger charge is -2.31. The van der Waals surface area contributed by atoms with Gasteiger partial charge in [-0.3, -0.25) is 0 Å². The quantitative estimate of drug-likeness (QED) is 0.702. The van der Waals surface area contributed by atoms with Crippen molar-refractivity contribution in [2.24, 2.45) is 11.1 Å². The molecular weight excluding hydrogens is 294 g/mol. The molecule has 0 aromatic heterocycles. The van der Waals surface area contributed by atoms with Crippen LogP contribution in [0, 0.1) is 5.41 Å². The predicted octanol–water partition coefficient (Wildman–Crippen LogP) is 4.43. The minimum atomic E-state index is -0.368. The minimum absolute atomic E-state index is 0. The van der Waals surface area contributed by atoms with Crippen molar-refractivity contribution in [2.45, 2.75) is 19.9 Å². The van der Waals surface area contributed by atoms with E-state index in [9.17, 15) is 5.11 Å². The average molecular weight is 316 g/mol. The SMILES string of the molecule is CC(C)(CO)[C@H](N)c1c2ccccc2cc2ccccc12.Cl. The molecule has 0 saturated heterocycles. The molecule has 116 valence electrons. The average Bonchev–Trinajstić information content (AvgIpc) is 2.51. The van der Waals surface area contributed by atoms with Gasteiger partial charge in [0.05, 0.1) is 0 Å². The second-order valence-electron chi connectivity index (χ2n) is 6.36. The van der Waals surface area contributed by atoms with Crippen molar-refractivity contribution in [1.29, 1.82) is 0 Å². The summed E-state index contributed by atoms with van der Waals surface area (Å²) in [5, 5.41) is 14.4. The molecule has 3 heteroatoms. The molecule has 3 aromatic rings. The second kappa shape index (κ2) is 6.25. The molecule has 0 radical (unpaired) electrons. The molecule has 2 nitrogen and oxygen atoms in total. The Bertz CT molecular complexity index is 744. The van der Waals surface area contributed by atoms with E-state index in [4.69, 9.17) is 5.73 Å². The van der Waals surface area contributed by atoms with E-state index >= 15 is 0 Å². The first-order chi connectivity index (χ1) is 10.0. The molecule has 0 heterocycles. The Morgan fingerprint density at radius 3 is 1.86 bits per heavy atom. The van der Waals surface area contributed by atoms with E-state index in [1.807, 2.05) is 38.1 Å². The first kappa shape index (κ1) is 16.8. The first-order valence-electron chi connectivity index (χ1n) is 7.31. The van der Waals surface area contributed by atoms with Crippen molar-refractivity contribution in [2.75, 3.05) is 6.61 Å². The number of aliphatic hydroxyl groups excluding tert-OH is 1. The number of benzene rings is 3. The van der Waals surface area contributed by atoms with Crippen LogP contribution in [-0.2, 0) is 0 Å². The van der Waals surface area contributed by atoms with Crippen LogP contribution in [0.25, 0.3) is 21.5 Å². The zero-order valence-corrected chi connectivity index (χ0v) is 13.7. The number of hydrogen-bond acceptors (Lipinski definition) is 2. The Balaban J connectivity index is 0.00000176. The summed E-state index contributed by atoms with van der Waals surface area (Å²) in [6.07, 6.45) is 0. The van der Waals surface area contributed by atoms with Crippen molar-refractivity contribution >= 4 is 34.0 Å². The molecule has 0 fully saturated rings. The van der Waals surface area contributed by atoms with Crippen LogP contribution in [0.15, 0.2) is 54.6 Å². The topological polar surface area (TPSA) is 46.2 Å². The van der Waals surface area contributed by atoms with Gasteiger partial charge in [0.1, 0.15) is 0 Å². The van der Waals surface area contributed by atoms with E-state index < -0.39 is 0 Å². The Morgan fingerprint density at radius 1 is 0.955 bits per heavy atom. The number of hydrogen-bond donors (Lipinski definition) is 2. The van der Waals surface area contributed by atoms with Gasteiger partial charge in [-0.2, -0.15) is 0 Å². The summed E-state index contributed by atoms with van der Waals surface area (Å²) in [4.78, 5) is 0. The molecule has 0 aliphatic heterocycles. The number of rotatable bonds is 3. The van der Waals surface area contributed by atoms with Gasteiger partial charge in [0.25, 0.3) is 0 Å². The van der Waals surface area contributed by atoms with Gasteiger partial charge in [-0.1, -0.05) is 62.4 Å². The van der Waals surface area contributed by atoms with Crippen molar-refractivity contribution in [3.63, 3.8) is 0 Å². The normalized spacial score (nSPS) is 13.1. The molecule has 0 spiro atoms. The molecule has 3 N–H and O–H groups in total. The maximum atomic E-state index is 9.69. The van der Waals surface area contributed by atoms with Gasteiger partial charge in [-0.25, -0.2) is 0 Å². The summed E-state index contributed by atoms with van der Waals surface area (Å²) >= 11 is 0. The van der Waals surface area contributed by atoms with Crippen LogP contribution in [0.4, 0.5) is 0 Å². The lowest BCUT2D eigenvalue weighted by molar-refractivity contribution is 0.133. The van der Waals surface area contributed by atoms with Crippen LogP contribution < -0.4 is 5.73 Å². The van der Waals surface area contributed by atoms with Crippen molar-refractivity contribution < 1.29 is 5.11 Å². The highest BCUT2D eigenvalue weighted by Crippen LogP contribution is 2.39. The highest BCUT2D eigenvalue weighted by atomic mass is 35.5. The molecule has 0 bridgehead atoms. The van der Waals surface area contributed by atoms with E-state index in [0.29, 0.717) is 0 Å². The van der Waals surface area contributed by atoms with Crippen molar-refractivity contribution in [1.82, 2.24) is 0 Å². The van der Waals surface area contributed by atoms with E-state index in [1.165, 1.54) is 21.5 Å². The van der Waals surface area contributed by atoms with Crippen LogP contribution in [0.3, 0.4) is 0 Å². The number of halogens is 1. The van der Waals surface area contributed by atoms with Gasteiger partial charge in [-0.05, 0) is 33.2 Å². The fraction of sp³-hybridized carbons (Fsp3) is 0.263. The summed E-state index contributed by atoms with van der Waals surface area (Å²) < 4.78 is 0. The molecule has 0 aliphatic carbocycles. The third kappa shape index (κ3) is 2.70. The highest BCUT2D eigenvalue weighted by molar-refractivity contribution is 6.02. The molecule has 0 amide bonds. The van der Waals surface area contributed by atoms with E-state index in [2.05, 4.69) is 30.3 Å². The summed E-state index contributed by atoms with van der Waals surface area (Å²) in [6, 6.07) is 18.6. The molecule has 3 aromatic carbocycles. The fourth-order valence-corrected chi connectivity index (χ4v) is 2.87. The largest absolute Gasteiger partial charge is 0.396 e. The van der Waals surface area contributed by atoms with E-state index in [-0.39, 0.29) is 30.5 Å². The van der Waals surface area contributed by atoms with Gasteiger partial charge in [-0.15, -0.1) is 12.4 Å². The zero-order chi connectivity index (χ0) is 15.0. The Labute approximate surface area is 137 Å². The smallest absolute Gasteiger partial charge is 0.0500 e. The van der Waals surface area contributed by atoms with Gasteiger partial charge in [0, 0.05) is 18.1 Å². The van der Waals surface area contributed by atoms with Crippen LogP contribution >= 0.6 is 12.4 Å². The zero-order valence-electron chi connectivity index (χ0n) is 12.9. The van der Waals surface area contributed by atoms with Gasteiger partial charge in [0.2, 0.25) is 0 Å². The summed E-state index contributed by atoms with van der Waals surface area (Å²) in [5.74, 6) is 0. The molecule has 0 saturated carbocycles. The lowest BCUT2D eigenvalue weighted by atomic mass is 9.78. The van der Waals surface area contributed by atoms with Gasteiger partial charge in [0.15, 0.2) is 0 Å². The summed E-state index contributed by atoms with van der Waals surface area (Å²) in [7, 11) is 0. The van der Waals surface area contributed by atoms with Crippen molar-refractivity contribution in [3.05, 3.63) is 60.2 Å². The maximum Gasteiger partial charge on any atom is 0.0500 e. The van der Waals surface area contributed by atoms with Gasteiger partial charge >= 0.3 is 0 Å². The monoisotopic (exact) mass is 315 g/mol. The molecule has 0 unspecified atom stereocenters. The van der Waals surface area contributed by atoms with Gasteiger partial charge < -0.3 is 10.8 Å². The predicted molar refractivity (Wildman–Crippen MR) is 96.5 cm³/mol. The van der Waals surface area contributed by atoms with Crippen LogP contribution in [0.5, 0.6) is 0 Å². The Hall–Kier alpha value is -1.61. The lowest BCUT2D eigenvalue weighted by Crippen LogP contribution is -2.32. The van der Waals surface area contributed by atoms with Crippen LogP contribution in [0.1, 0.15) is 25.5 Å². The molecule has 22 heavy (non-hydrogen) atoms. The molecule has 1 atom stereocenters. The van der Waals surface area contributed by atoms with Crippen molar-refractivity contribution in [3.8, 4) is 0 Å². The van der Waals surface area contributed by atoms with Crippen LogP contribution in [-0.4, -0.2) is 11.7 Å². The third-order valence-corrected chi connectivity index (χ3v) is 4.37. The van der Waals surface area contributed by atoms with Crippen LogP contribution in [0.2, 0.25) is 0 Å². The first-order valence-corrected chi connectivity index (χ1v) is 7.31. The second-order valence-corrected chi connectivity index (χ2v) is 6.36. The maximum absolute atomic E-state index is 9.69. The summed E-state index contributed by atoms with van der Waals surface area (Å²) in [5.41, 5.74) is 7.31. The standard InChI is InChI=1S/C19H21NO.ClH/c1-19(2,12-21)18(20)17-15-9-5-3-7-13(15)11-14-8-4-6-10-16(14)17;/h3-11,18,21H,12,20H2,1-2H3;1H/t18-;/m1./s1. The molecular formula is C19H22ClNO. The molecule has 0 aliphatic rings. The molecule has 3 rings (SSSR count). The summed E-state index contributed by atoms with van der Waals surface area (Å²) in [6.45, 7) is 4.08. The number of aliphatic hydroxyl groups is 1. The third-order valence-electron chi connectivity index (χ3n) is 4.37. The van der Waals surface area contributed by atoms with E-state index in [1.54, 1.807) is 0 Å².